The molecule has 4 rings (SSSR count). The zero-order valence-corrected chi connectivity index (χ0v) is 18.9. The summed E-state index contributed by atoms with van der Waals surface area (Å²) in [6.45, 7) is 3.89. The Balaban J connectivity index is 1.26. The number of thiophene rings is 1. The third-order valence-electron chi connectivity index (χ3n) is 5.36. The van der Waals surface area contributed by atoms with E-state index < -0.39 is 0 Å². The van der Waals surface area contributed by atoms with E-state index in [4.69, 9.17) is 0 Å². The van der Waals surface area contributed by atoms with E-state index in [9.17, 15) is 14.4 Å². The van der Waals surface area contributed by atoms with E-state index in [0.29, 0.717) is 24.5 Å². The summed E-state index contributed by atoms with van der Waals surface area (Å²) in [5.74, 6) is -0.425. The van der Waals surface area contributed by atoms with Crippen LogP contribution >= 0.6 is 27.3 Å². The molecule has 2 aromatic rings. The molecule has 0 atom stereocenters. The van der Waals surface area contributed by atoms with Gasteiger partial charge in [0.2, 0.25) is 17.7 Å². The second-order valence-electron chi connectivity index (χ2n) is 7.41. The Hall–Kier alpha value is -2.23. The predicted octanol–water partition coefficient (Wildman–Crippen LogP) is 2.92. The Morgan fingerprint density at radius 3 is 2.47 bits per heavy atom. The van der Waals surface area contributed by atoms with Gasteiger partial charge in [-0.3, -0.25) is 19.3 Å². The Morgan fingerprint density at radius 2 is 1.73 bits per heavy atom. The van der Waals surface area contributed by atoms with Gasteiger partial charge in [-0.25, -0.2) is 0 Å². The van der Waals surface area contributed by atoms with E-state index in [1.807, 2.05) is 17.0 Å². The Morgan fingerprint density at radius 1 is 1.00 bits per heavy atom. The second kappa shape index (κ2) is 9.28. The smallest absolute Gasteiger partial charge is 0.244 e. The Labute approximate surface area is 187 Å². The van der Waals surface area contributed by atoms with Crippen molar-refractivity contribution in [3.05, 3.63) is 45.1 Å². The van der Waals surface area contributed by atoms with Crippen molar-refractivity contribution < 1.29 is 14.4 Å². The van der Waals surface area contributed by atoms with Gasteiger partial charge in [-0.2, -0.15) is 0 Å². The summed E-state index contributed by atoms with van der Waals surface area (Å²) in [6.07, 6.45) is 0.265. The molecule has 1 aromatic heterocycles. The molecule has 3 heterocycles. The molecule has 0 saturated carbocycles. The van der Waals surface area contributed by atoms with Gasteiger partial charge in [0.05, 0.1) is 15.2 Å². The topological polar surface area (TPSA) is 73.0 Å². The van der Waals surface area contributed by atoms with Gasteiger partial charge in [0.1, 0.15) is 6.54 Å². The number of fused-ring (bicyclic) bond motifs is 1. The van der Waals surface area contributed by atoms with Crippen molar-refractivity contribution in [2.24, 2.45) is 0 Å². The number of amides is 3. The first kappa shape index (κ1) is 21.0. The van der Waals surface area contributed by atoms with Crippen LogP contribution in [0.5, 0.6) is 0 Å². The molecule has 0 radical (unpaired) electrons. The predicted molar refractivity (Wildman–Crippen MR) is 121 cm³/mol. The second-order valence-corrected chi connectivity index (χ2v) is 9.96. The van der Waals surface area contributed by atoms with Crippen LogP contribution in [0.15, 0.2) is 40.2 Å². The number of para-hydroxylation sites is 2. The first-order chi connectivity index (χ1) is 14.5. The third-order valence-corrected chi connectivity index (χ3v) is 6.97. The summed E-state index contributed by atoms with van der Waals surface area (Å²) < 4.78 is 1.13. The standard InChI is InChI=1S/C21H23BrN4O3S/c22-18-6-5-15(30-18)13-24-9-11-25(12-10-24)20(28)7-8-21(29)26-14-19(27)23-16-3-1-2-4-17(16)26/h1-6H,7-14H2,(H,23,27). The van der Waals surface area contributed by atoms with Gasteiger partial charge in [0.15, 0.2) is 0 Å². The van der Waals surface area contributed by atoms with E-state index in [0.717, 1.165) is 23.4 Å². The molecular weight excluding hydrogens is 468 g/mol. The van der Waals surface area contributed by atoms with Crippen LogP contribution in [0.3, 0.4) is 0 Å². The van der Waals surface area contributed by atoms with Crippen molar-refractivity contribution in [3.63, 3.8) is 0 Å². The number of carbonyl (C=O) groups is 3. The Bertz CT molecular complexity index is 955. The summed E-state index contributed by atoms with van der Waals surface area (Å²) in [5, 5.41) is 2.77. The van der Waals surface area contributed by atoms with Crippen LogP contribution in [0.2, 0.25) is 0 Å². The van der Waals surface area contributed by atoms with Gasteiger partial charge in [0.25, 0.3) is 0 Å². The minimum absolute atomic E-state index is 0.00314. The maximum atomic E-state index is 12.7. The highest BCUT2D eigenvalue weighted by Crippen LogP contribution is 2.29. The molecule has 1 aromatic carbocycles. The third kappa shape index (κ3) is 4.91. The monoisotopic (exact) mass is 490 g/mol. The van der Waals surface area contributed by atoms with Crippen molar-refractivity contribution in [2.75, 3.05) is 42.9 Å². The average Bonchev–Trinajstić information content (AvgIpc) is 3.16. The number of hydrogen-bond acceptors (Lipinski definition) is 5. The molecule has 2 aliphatic heterocycles. The minimum Gasteiger partial charge on any atom is -0.340 e. The number of hydrogen-bond donors (Lipinski definition) is 1. The van der Waals surface area contributed by atoms with Gasteiger partial charge >= 0.3 is 0 Å². The zero-order chi connectivity index (χ0) is 21.1. The summed E-state index contributed by atoms with van der Waals surface area (Å²) in [5.41, 5.74) is 1.31. The van der Waals surface area contributed by atoms with Crippen LogP contribution in [0.25, 0.3) is 0 Å². The van der Waals surface area contributed by atoms with E-state index in [2.05, 4.69) is 38.3 Å². The maximum Gasteiger partial charge on any atom is 0.244 e. The number of carbonyl (C=O) groups excluding carboxylic acids is 3. The SMILES string of the molecule is O=C1CN(C(=O)CCC(=O)N2CCN(Cc3ccc(Br)s3)CC2)c2ccccc2N1. The number of halogens is 1. The lowest BCUT2D eigenvalue weighted by molar-refractivity contribution is -0.134. The molecule has 7 nitrogen and oxygen atoms in total. The largest absolute Gasteiger partial charge is 0.340 e. The molecular formula is C21H23BrN4O3S. The highest BCUT2D eigenvalue weighted by atomic mass is 79.9. The summed E-state index contributed by atoms with van der Waals surface area (Å²) in [7, 11) is 0. The lowest BCUT2D eigenvalue weighted by Gasteiger charge is -2.34. The lowest BCUT2D eigenvalue weighted by Crippen LogP contribution is -2.48. The number of benzene rings is 1. The first-order valence-corrected chi connectivity index (χ1v) is 11.5. The van der Waals surface area contributed by atoms with Crippen LogP contribution < -0.4 is 10.2 Å². The van der Waals surface area contributed by atoms with Crippen molar-refractivity contribution in [2.45, 2.75) is 19.4 Å². The van der Waals surface area contributed by atoms with Crippen molar-refractivity contribution in [3.8, 4) is 0 Å². The molecule has 1 fully saturated rings. The van der Waals surface area contributed by atoms with Gasteiger partial charge in [0, 0.05) is 50.4 Å². The highest BCUT2D eigenvalue weighted by Gasteiger charge is 2.28. The average molecular weight is 491 g/mol. The number of nitrogens with one attached hydrogen (secondary N) is 1. The Kier molecular flexibility index (Phi) is 6.50. The number of nitrogens with zero attached hydrogens (tertiary/aromatic N) is 3. The molecule has 0 unspecified atom stereocenters. The first-order valence-electron chi connectivity index (χ1n) is 9.93. The van der Waals surface area contributed by atoms with Gasteiger partial charge in [-0.1, -0.05) is 12.1 Å². The molecule has 158 valence electrons. The van der Waals surface area contributed by atoms with Crippen LogP contribution in [-0.2, 0) is 20.9 Å². The van der Waals surface area contributed by atoms with E-state index in [1.165, 1.54) is 9.78 Å². The molecule has 0 aliphatic carbocycles. The molecule has 1 N–H and O–H groups in total. The molecule has 9 heteroatoms. The van der Waals surface area contributed by atoms with Crippen LogP contribution in [0.4, 0.5) is 11.4 Å². The number of piperazine rings is 1. The van der Waals surface area contributed by atoms with Gasteiger partial charge in [-0.05, 0) is 40.2 Å². The summed E-state index contributed by atoms with van der Waals surface area (Å²) >= 11 is 5.22. The minimum atomic E-state index is -0.220. The zero-order valence-electron chi connectivity index (χ0n) is 16.5. The van der Waals surface area contributed by atoms with Crippen molar-refractivity contribution in [1.82, 2.24) is 9.80 Å². The van der Waals surface area contributed by atoms with E-state index >= 15 is 0 Å². The van der Waals surface area contributed by atoms with E-state index in [-0.39, 0.29) is 37.1 Å². The molecule has 0 bridgehead atoms. The molecule has 2 aliphatic rings. The highest BCUT2D eigenvalue weighted by molar-refractivity contribution is 9.11. The maximum absolute atomic E-state index is 12.7. The number of anilines is 2. The quantitative estimate of drug-likeness (QED) is 0.699. The fourth-order valence-electron chi connectivity index (χ4n) is 3.78. The van der Waals surface area contributed by atoms with Crippen LogP contribution in [0.1, 0.15) is 17.7 Å². The summed E-state index contributed by atoms with van der Waals surface area (Å²) in [6, 6.07) is 11.4. The van der Waals surface area contributed by atoms with Crippen LogP contribution in [0, 0.1) is 0 Å². The molecule has 30 heavy (non-hydrogen) atoms. The normalized spacial score (nSPS) is 16.9. The van der Waals surface area contributed by atoms with Gasteiger partial charge in [-0.15, -0.1) is 11.3 Å². The van der Waals surface area contributed by atoms with Gasteiger partial charge < -0.3 is 15.1 Å². The fraction of sp³-hybridized carbons (Fsp3) is 0.381. The lowest BCUT2D eigenvalue weighted by atomic mass is 10.1. The van der Waals surface area contributed by atoms with Crippen molar-refractivity contribution >= 4 is 56.4 Å². The molecule has 3 amide bonds. The van der Waals surface area contributed by atoms with E-state index in [1.54, 1.807) is 23.5 Å². The summed E-state index contributed by atoms with van der Waals surface area (Å²) in [4.78, 5) is 44.2. The molecule has 1 saturated heterocycles. The number of rotatable bonds is 5. The fourth-order valence-corrected chi connectivity index (χ4v) is 5.30. The van der Waals surface area contributed by atoms with Crippen molar-refractivity contribution in [1.29, 1.82) is 0 Å². The molecule has 0 spiro atoms. The van der Waals surface area contributed by atoms with Crippen LogP contribution in [-0.4, -0.2) is 60.2 Å².